The summed E-state index contributed by atoms with van der Waals surface area (Å²) in [5.41, 5.74) is 2.14. The summed E-state index contributed by atoms with van der Waals surface area (Å²) in [6.07, 6.45) is 12.6. The number of hydrogen-bond donors (Lipinski definition) is 1. The third-order valence-electron chi connectivity index (χ3n) is 3.66. The van der Waals surface area contributed by atoms with Crippen LogP contribution in [0.1, 0.15) is 24.5 Å². The third kappa shape index (κ3) is 3.67. The highest BCUT2D eigenvalue weighted by Crippen LogP contribution is 2.18. The first kappa shape index (κ1) is 13.8. The van der Waals surface area contributed by atoms with Gasteiger partial charge in [-0.2, -0.15) is 0 Å². The predicted molar refractivity (Wildman–Crippen MR) is 83.9 cm³/mol. The van der Waals surface area contributed by atoms with Crippen molar-refractivity contribution in [2.75, 3.05) is 6.54 Å². The zero-order valence-electron chi connectivity index (χ0n) is 12.1. The molecule has 1 aliphatic rings. The van der Waals surface area contributed by atoms with Gasteiger partial charge in [-0.3, -0.25) is 9.97 Å². The second kappa shape index (κ2) is 6.50. The summed E-state index contributed by atoms with van der Waals surface area (Å²) < 4.78 is 5.94. The van der Waals surface area contributed by atoms with Crippen LogP contribution >= 0.6 is 0 Å². The van der Waals surface area contributed by atoms with Crippen LogP contribution in [0, 0.1) is 0 Å². The van der Waals surface area contributed by atoms with E-state index in [-0.39, 0.29) is 6.10 Å². The molecular weight excluding hydrogens is 262 g/mol. The fourth-order valence-corrected chi connectivity index (χ4v) is 2.27. The zero-order valence-corrected chi connectivity index (χ0v) is 12.1. The average molecular weight is 281 g/mol. The van der Waals surface area contributed by atoms with Gasteiger partial charge >= 0.3 is 0 Å². The molecule has 1 aliphatic heterocycles. The Hall–Kier alpha value is -2.20. The predicted octanol–water partition coefficient (Wildman–Crippen LogP) is 2.78. The normalized spacial score (nSPS) is 19.2. The van der Waals surface area contributed by atoms with Gasteiger partial charge < -0.3 is 10.1 Å². The van der Waals surface area contributed by atoms with Gasteiger partial charge in [-0.05, 0) is 49.2 Å². The van der Waals surface area contributed by atoms with Gasteiger partial charge in [0, 0.05) is 24.6 Å². The van der Waals surface area contributed by atoms with E-state index in [1.165, 1.54) is 6.42 Å². The van der Waals surface area contributed by atoms with Crippen LogP contribution in [-0.2, 0) is 0 Å². The van der Waals surface area contributed by atoms with Gasteiger partial charge in [0.15, 0.2) is 0 Å². The van der Waals surface area contributed by atoms with E-state index in [1.807, 2.05) is 36.5 Å². The molecule has 4 heteroatoms. The minimum Gasteiger partial charge on any atom is -0.487 e. The Morgan fingerprint density at radius 3 is 2.67 bits per heavy atom. The maximum atomic E-state index is 5.94. The molecular formula is C17H19N3O. The number of nitrogens with one attached hydrogen (secondary N) is 1. The highest BCUT2D eigenvalue weighted by Gasteiger charge is 2.24. The first-order valence-electron chi connectivity index (χ1n) is 7.24. The summed E-state index contributed by atoms with van der Waals surface area (Å²) in [4.78, 5) is 8.25. The molecule has 0 spiro atoms. The zero-order chi connectivity index (χ0) is 14.5. The van der Waals surface area contributed by atoms with Gasteiger partial charge in [0.2, 0.25) is 0 Å². The second-order valence-corrected chi connectivity index (χ2v) is 5.24. The third-order valence-corrected chi connectivity index (χ3v) is 3.66. The Morgan fingerprint density at radius 1 is 1.19 bits per heavy atom. The van der Waals surface area contributed by atoms with Crippen molar-refractivity contribution in [3.63, 3.8) is 0 Å². The molecule has 1 N–H and O–H groups in total. The lowest BCUT2D eigenvalue weighted by atomic mass is 10.0. The maximum absolute atomic E-state index is 5.94. The van der Waals surface area contributed by atoms with E-state index in [9.17, 15) is 0 Å². The number of rotatable bonds is 5. The summed E-state index contributed by atoms with van der Waals surface area (Å²) in [5.74, 6) is 0.813. The molecule has 4 nitrogen and oxygen atoms in total. The van der Waals surface area contributed by atoms with Crippen molar-refractivity contribution in [1.82, 2.24) is 15.3 Å². The molecule has 3 rings (SSSR count). The topological polar surface area (TPSA) is 47.0 Å². The van der Waals surface area contributed by atoms with E-state index < -0.39 is 0 Å². The Kier molecular flexibility index (Phi) is 4.26. The number of nitrogens with zero attached hydrogens (tertiary/aromatic N) is 2. The molecule has 0 amide bonds. The van der Waals surface area contributed by atoms with Crippen molar-refractivity contribution in [2.45, 2.75) is 25.5 Å². The summed E-state index contributed by atoms with van der Waals surface area (Å²) in [6.45, 7) is 3.18. The van der Waals surface area contributed by atoms with Gasteiger partial charge in [0.05, 0.1) is 6.20 Å². The molecule has 2 aromatic heterocycles. The van der Waals surface area contributed by atoms with Crippen molar-refractivity contribution in [2.24, 2.45) is 0 Å². The van der Waals surface area contributed by atoms with Crippen LogP contribution in [0.5, 0.6) is 5.75 Å². The Morgan fingerprint density at radius 2 is 1.95 bits per heavy atom. The van der Waals surface area contributed by atoms with E-state index in [2.05, 4.69) is 22.2 Å². The van der Waals surface area contributed by atoms with Crippen molar-refractivity contribution in [3.05, 3.63) is 54.1 Å². The number of aromatic nitrogens is 2. The van der Waals surface area contributed by atoms with Gasteiger partial charge in [0.25, 0.3) is 0 Å². The highest BCUT2D eigenvalue weighted by molar-refractivity contribution is 5.69. The number of ether oxygens (including phenoxy) is 1. The first-order valence-corrected chi connectivity index (χ1v) is 7.24. The maximum Gasteiger partial charge on any atom is 0.138 e. The van der Waals surface area contributed by atoms with Crippen LogP contribution in [0.25, 0.3) is 12.2 Å². The smallest absolute Gasteiger partial charge is 0.138 e. The van der Waals surface area contributed by atoms with E-state index in [1.54, 1.807) is 18.6 Å². The summed E-state index contributed by atoms with van der Waals surface area (Å²) in [5, 5.41) is 3.36. The second-order valence-electron chi connectivity index (χ2n) is 5.24. The Balaban J connectivity index is 1.66. The summed E-state index contributed by atoms with van der Waals surface area (Å²) >= 11 is 0. The molecule has 108 valence electrons. The van der Waals surface area contributed by atoms with Crippen LogP contribution < -0.4 is 10.1 Å². The Labute approximate surface area is 124 Å². The molecule has 1 unspecified atom stereocenters. The van der Waals surface area contributed by atoms with Gasteiger partial charge in [0.1, 0.15) is 11.9 Å². The molecule has 0 saturated carbocycles. The quantitative estimate of drug-likeness (QED) is 0.915. The molecule has 0 bridgehead atoms. The molecule has 0 radical (unpaired) electrons. The molecule has 0 aliphatic carbocycles. The van der Waals surface area contributed by atoms with Crippen LogP contribution in [0.4, 0.5) is 0 Å². The lowest BCUT2D eigenvalue weighted by Crippen LogP contribution is -2.51. The Bertz CT molecular complexity index is 608. The van der Waals surface area contributed by atoms with Gasteiger partial charge in [-0.1, -0.05) is 12.2 Å². The fraction of sp³-hybridized carbons (Fsp3) is 0.294. The molecule has 0 aromatic carbocycles. The summed E-state index contributed by atoms with van der Waals surface area (Å²) in [7, 11) is 0. The monoisotopic (exact) mass is 281 g/mol. The number of pyridine rings is 2. The van der Waals surface area contributed by atoms with Gasteiger partial charge in [-0.25, -0.2) is 0 Å². The van der Waals surface area contributed by atoms with Crippen LogP contribution in [0.3, 0.4) is 0 Å². The first-order chi connectivity index (χ1) is 10.3. The molecule has 3 heterocycles. The van der Waals surface area contributed by atoms with Crippen molar-refractivity contribution in [3.8, 4) is 5.75 Å². The molecule has 1 saturated heterocycles. The van der Waals surface area contributed by atoms with Crippen LogP contribution in [-0.4, -0.2) is 28.7 Å². The van der Waals surface area contributed by atoms with E-state index in [0.29, 0.717) is 6.04 Å². The molecule has 2 aromatic rings. The standard InChI is InChI=1S/C17H19N3O/c1-13(17-6-9-20-17)21-16-10-15(11-19-12-16)3-2-14-4-7-18-8-5-14/h2-5,7-8,10-13,17,20H,6,9H2,1H3/t13?,17-/m0/s1. The van der Waals surface area contributed by atoms with E-state index in [0.717, 1.165) is 23.4 Å². The van der Waals surface area contributed by atoms with E-state index in [4.69, 9.17) is 4.74 Å². The molecule has 2 atom stereocenters. The minimum absolute atomic E-state index is 0.167. The van der Waals surface area contributed by atoms with E-state index >= 15 is 0 Å². The highest BCUT2D eigenvalue weighted by atomic mass is 16.5. The van der Waals surface area contributed by atoms with Crippen LogP contribution in [0.2, 0.25) is 0 Å². The molecule has 21 heavy (non-hydrogen) atoms. The van der Waals surface area contributed by atoms with Gasteiger partial charge in [-0.15, -0.1) is 0 Å². The summed E-state index contributed by atoms with van der Waals surface area (Å²) in [6, 6.07) is 6.41. The fourth-order valence-electron chi connectivity index (χ4n) is 2.27. The van der Waals surface area contributed by atoms with Crippen molar-refractivity contribution < 1.29 is 4.74 Å². The number of hydrogen-bond acceptors (Lipinski definition) is 4. The molecule has 1 fully saturated rings. The largest absolute Gasteiger partial charge is 0.487 e. The van der Waals surface area contributed by atoms with Crippen molar-refractivity contribution >= 4 is 12.2 Å². The average Bonchev–Trinajstić information content (AvgIpc) is 2.45. The lowest BCUT2D eigenvalue weighted by Gasteiger charge is -2.33. The SMILES string of the molecule is CC(Oc1cncc(C=Cc2ccncc2)c1)[C@@H]1CCN1. The lowest BCUT2D eigenvalue weighted by molar-refractivity contribution is 0.133. The van der Waals surface area contributed by atoms with Crippen LogP contribution in [0.15, 0.2) is 43.0 Å². The van der Waals surface area contributed by atoms with Crippen molar-refractivity contribution in [1.29, 1.82) is 0 Å². The minimum atomic E-state index is 0.167.